The minimum Gasteiger partial charge on any atom is -0.360 e. The predicted molar refractivity (Wildman–Crippen MR) is 89.2 cm³/mol. The van der Waals surface area contributed by atoms with Gasteiger partial charge < -0.3 is 9.80 Å². The molecule has 1 aliphatic heterocycles. The summed E-state index contributed by atoms with van der Waals surface area (Å²) in [4.78, 5) is 25.5. The summed E-state index contributed by atoms with van der Waals surface area (Å²) in [5.74, 6) is 2.26. The first-order valence-corrected chi connectivity index (χ1v) is 8.37. The van der Waals surface area contributed by atoms with E-state index in [-0.39, 0.29) is 5.91 Å². The zero-order valence-electron chi connectivity index (χ0n) is 14.3. The van der Waals surface area contributed by atoms with Gasteiger partial charge in [-0.1, -0.05) is 20.3 Å². The topological polar surface area (TPSA) is 49.3 Å². The van der Waals surface area contributed by atoms with Gasteiger partial charge in [-0.3, -0.25) is 4.79 Å². The molecule has 2 rings (SSSR count). The molecule has 22 heavy (non-hydrogen) atoms. The highest BCUT2D eigenvalue weighted by atomic mass is 16.2. The maximum Gasteiger partial charge on any atom is 0.272 e. The lowest BCUT2D eigenvalue weighted by atomic mass is 9.99. The number of anilines is 1. The average Bonchev–Trinajstić information content (AvgIpc) is 2.52. The quantitative estimate of drug-likeness (QED) is 0.839. The van der Waals surface area contributed by atoms with Gasteiger partial charge in [-0.25, -0.2) is 9.97 Å². The molecule has 122 valence electrons. The van der Waals surface area contributed by atoms with Crippen LogP contribution in [0.5, 0.6) is 0 Å². The van der Waals surface area contributed by atoms with Gasteiger partial charge in [0.2, 0.25) is 0 Å². The molecule has 2 heterocycles. The zero-order chi connectivity index (χ0) is 16.1. The highest BCUT2D eigenvalue weighted by Gasteiger charge is 2.23. The Kier molecular flexibility index (Phi) is 5.75. The Morgan fingerprint density at radius 2 is 2.05 bits per heavy atom. The molecule has 0 aliphatic carbocycles. The standard InChI is InChI=1S/C17H28N4O/c1-5-6-9-20(4)16-12-15(18-14(3)19-16)17(22)21-10-7-13(2)8-11-21/h12-13H,5-11H2,1-4H3. The Morgan fingerprint density at radius 3 is 2.68 bits per heavy atom. The summed E-state index contributed by atoms with van der Waals surface area (Å²) in [7, 11) is 2.02. The summed E-state index contributed by atoms with van der Waals surface area (Å²) < 4.78 is 0. The SMILES string of the molecule is CCCCN(C)c1cc(C(=O)N2CCC(C)CC2)nc(C)n1. The lowest BCUT2D eigenvalue weighted by Crippen LogP contribution is -2.38. The van der Waals surface area contributed by atoms with E-state index in [0.717, 1.165) is 51.1 Å². The first-order chi connectivity index (χ1) is 10.5. The Morgan fingerprint density at radius 1 is 1.36 bits per heavy atom. The number of hydrogen-bond donors (Lipinski definition) is 0. The third-order valence-corrected chi connectivity index (χ3v) is 4.35. The number of nitrogens with zero attached hydrogens (tertiary/aromatic N) is 4. The molecule has 1 saturated heterocycles. The van der Waals surface area contributed by atoms with E-state index in [2.05, 4.69) is 28.7 Å². The second-order valence-corrected chi connectivity index (χ2v) is 6.41. The summed E-state index contributed by atoms with van der Waals surface area (Å²) in [5.41, 5.74) is 0.528. The predicted octanol–water partition coefficient (Wildman–Crippen LogP) is 2.89. The van der Waals surface area contributed by atoms with Crippen molar-refractivity contribution in [3.8, 4) is 0 Å². The number of amides is 1. The molecule has 5 heteroatoms. The summed E-state index contributed by atoms with van der Waals surface area (Å²) in [5, 5.41) is 0. The Bertz CT molecular complexity index is 509. The van der Waals surface area contributed by atoms with Crippen molar-refractivity contribution in [2.45, 2.75) is 46.5 Å². The molecule has 0 unspecified atom stereocenters. The molecule has 0 atom stereocenters. The van der Waals surface area contributed by atoms with Crippen molar-refractivity contribution in [3.63, 3.8) is 0 Å². The van der Waals surface area contributed by atoms with Crippen molar-refractivity contribution in [2.75, 3.05) is 31.6 Å². The first-order valence-electron chi connectivity index (χ1n) is 8.37. The molecule has 0 N–H and O–H groups in total. The number of piperidine rings is 1. The molecule has 0 aromatic carbocycles. The van der Waals surface area contributed by atoms with Crippen LogP contribution < -0.4 is 4.90 Å². The lowest BCUT2D eigenvalue weighted by Gasteiger charge is -2.30. The molecule has 0 radical (unpaired) electrons. The Labute approximate surface area is 133 Å². The van der Waals surface area contributed by atoms with Crippen LogP contribution in [0.4, 0.5) is 5.82 Å². The van der Waals surface area contributed by atoms with Crippen molar-refractivity contribution >= 4 is 11.7 Å². The van der Waals surface area contributed by atoms with Crippen LogP contribution in [0.3, 0.4) is 0 Å². The zero-order valence-corrected chi connectivity index (χ0v) is 14.3. The molecule has 1 aliphatic rings. The van der Waals surface area contributed by atoms with Crippen LogP contribution in [-0.4, -0.2) is 47.5 Å². The van der Waals surface area contributed by atoms with E-state index in [0.29, 0.717) is 17.4 Å². The summed E-state index contributed by atoms with van der Waals surface area (Å²) in [6.07, 6.45) is 4.43. The minimum atomic E-state index is 0.0440. The van der Waals surface area contributed by atoms with Crippen molar-refractivity contribution < 1.29 is 4.79 Å². The second-order valence-electron chi connectivity index (χ2n) is 6.41. The van der Waals surface area contributed by atoms with Crippen LogP contribution in [0.15, 0.2) is 6.07 Å². The normalized spacial score (nSPS) is 15.9. The highest BCUT2D eigenvalue weighted by molar-refractivity contribution is 5.93. The van der Waals surface area contributed by atoms with E-state index in [1.807, 2.05) is 24.9 Å². The fraction of sp³-hybridized carbons (Fsp3) is 0.706. The average molecular weight is 304 g/mol. The lowest BCUT2D eigenvalue weighted by molar-refractivity contribution is 0.0691. The van der Waals surface area contributed by atoms with Gasteiger partial charge in [0, 0.05) is 32.7 Å². The molecule has 1 aromatic heterocycles. The summed E-state index contributed by atoms with van der Waals surface area (Å²) in [6.45, 7) is 8.89. The minimum absolute atomic E-state index is 0.0440. The van der Waals surface area contributed by atoms with Crippen LogP contribution in [-0.2, 0) is 0 Å². The van der Waals surface area contributed by atoms with E-state index in [1.54, 1.807) is 0 Å². The number of carbonyl (C=O) groups is 1. The van der Waals surface area contributed by atoms with E-state index >= 15 is 0 Å². The van der Waals surface area contributed by atoms with Crippen LogP contribution in [0.1, 0.15) is 55.8 Å². The Hall–Kier alpha value is -1.65. The molecular weight excluding hydrogens is 276 g/mol. The maximum absolute atomic E-state index is 12.7. The number of likely N-dealkylation sites (tertiary alicyclic amines) is 1. The molecule has 5 nitrogen and oxygen atoms in total. The number of aryl methyl sites for hydroxylation is 1. The van der Waals surface area contributed by atoms with E-state index in [4.69, 9.17) is 0 Å². The number of aromatic nitrogens is 2. The third kappa shape index (κ3) is 4.18. The fourth-order valence-corrected chi connectivity index (χ4v) is 2.74. The van der Waals surface area contributed by atoms with Gasteiger partial charge in [0.15, 0.2) is 0 Å². The third-order valence-electron chi connectivity index (χ3n) is 4.35. The molecule has 0 saturated carbocycles. The summed E-state index contributed by atoms with van der Waals surface area (Å²) >= 11 is 0. The summed E-state index contributed by atoms with van der Waals surface area (Å²) in [6, 6.07) is 1.84. The van der Waals surface area contributed by atoms with Gasteiger partial charge in [-0.15, -0.1) is 0 Å². The molecule has 0 bridgehead atoms. The Balaban J connectivity index is 2.13. The van der Waals surface area contributed by atoms with Crippen molar-refractivity contribution in [3.05, 3.63) is 17.6 Å². The van der Waals surface area contributed by atoms with E-state index in [1.165, 1.54) is 0 Å². The van der Waals surface area contributed by atoms with Gasteiger partial charge in [0.05, 0.1) is 0 Å². The second kappa shape index (κ2) is 7.56. The van der Waals surface area contributed by atoms with Crippen LogP contribution in [0.2, 0.25) is 0 Å². The van der Waals surface area contributed by atoms with Gasteiger partial charge in [-0.05, 0) is 32.1 Å². The van der Waals surface area contributed by atoms with Crippen LogP contribution in [0, 0.1) is 12.8 Å². The fourth-order valence-electron chi connectivity index (χ4n) is 2.74. The largest absolute Gasteiger partial charge is 0.360 e. The maximum atomic E-state index is 12.7. The molecule has 0 spiro atoms. The van der Waals surface area contributed by atoms with Gasteiger partial charge in [0.25, 0.3) is 5.91 Å². The van der Waals surface area contributed by atoms with Gasteiger partial charge in [-0.2, -0.15) is 0 Å². The van der Waals surface area contributed by atoms with Gasteiger partial charge in [0.1, 0.15) is 17.3 Å². The van der Waals surface area contributed by atoms with Crippen LogP contribution in [0.25, 0.3) is 0 Å². The van der Waals surface area contributed by atoms with Crippen LogP contribution >= 0.6 is 0 Å². The number of carbonyl (C=O) groups excluding carboxylic acids is 1. The molecule has 1 amide bonds. The van der Waals surface area contributed by atoms with Gasteiger partial charge >= 0.3 is 0 Å². The van der Waals surface area contributed by atoms with E-state index in [9.17, 15) is 4.79 Å². The van der Waals surface area contributed by atoms with E-state index < -0.39 is 0 Å². The van der Waals surface area contributed by atoms with Crippen molar-refractivity contribution in [1.29, 1.82) is 0 Å². The number of hydrogen-bond acceptors (Lipinski definition) is 4. The smallest absolute Gasteiger partial charge is 0.272 e. The monoisotopic (exact) mass is 304 g/mol. The first kappa shape index (κ1) is 16.7. The van der Waals surface area contributed by atoms with Crippen molar-refractivity contribution in [2.24, 2.45) is 5.92 Å². The molecule has 1 aromatic rings. The molecule has 1 fully saturated rings. The number of unbranched alkanes of at least 4 members (excludes halogenated alkanes) is 1. The van der Waals surface area contributed by atoms with Crippen molar-refractivity contribution in [1.82, 2.24) is 14.9 Å². The number of rotatable bonds is 5. The highest BCUT2D eigenvalue weighted by Crippen LogP contribution is 2.19. The molecular formula is C17H28N4O.